The summed E-state index contributed by atoms with van der Waals surface area (Å²) in [7, 11) is 1.30. The van der Waals surface area contributed by atoms with Gasteiger partial charge in [0.25, 0.3) is 0 Å². The van der Waals surface area contributed by atoms with Gasteiger partial charge in [0, 0.05) is 4.86 Å². The van der Waals surface area contributed by atoms with Gasteiger partial charge in [0.05, 0.1) is 7.11 Å². The quantitative estimate of drug-likeness (QED) is 0.503. The Morgan fingerprint density at radius 3 is 2.64 bits per heavy atom. The number of esters is 1. The van der Waals surface area contributed by atoms with E-state index in [1.165, 1.54) is 7.11 Å². The highest BCUT2D eigenvalue weighted by atomic mass is 32.1. The van der Waals surface area contributed by atoms with Crippen molar-refractivity contribution in [1.29, 1.82) is 0 Å². The van der Waals surface area contributed by atoms with E-state index in [0.717, 1.165) is 6.42 Å². The third-order valence-electron chi connectivity index (χ3n) is 1.30. The lowest BCUT2D eigenvalue weighted by Gasteiger charge is -2.08. The zero-order valence-electron chi connectivity index (χ0n) is 6.79. The van der Waals surface area contributed by atoms with Gasteiger partial charge >= 0.3 is 5.97 Å². The molecule has 0 rings (SSSR count). The zero-order valence-corrected chi connectivity index (χ0v) is 7.61. The molecule has 4 heteroatoms. The lowest BCUT2D eigenvalue weighted by molar-refractivity contribution is -0.140. The highest BCUT2D eigenvalue weighted by Crippen LogP contribution is 1.97. The van der Waals surface area contributed by atoms with Crippen molar-refractivity contribution in [3.05, 3.63) is 0 Å². The minimum Gasteiger partial charge on any atom is -0.468 e. The number of thiocarbonyl (C=S) groups is 1. The number of rotatable bonds is 4. The number of hydrogen-bond donors (Lipinski definition) is 1. The molecule has 0 aromatic carbocycles. The molecule has 3 nitrogen and oxygen atoms in total. The number of carbonyl (C=O) groups is 1. The number of methoxy groups -OCH3 is 1. The Morgan fingerprint density at radius 1 is 1.73 bits per heavy atom. The van der Waals surface area contributed by atoms with Crippen molar-refractivity contribution in [2.24, 2.45) is 5.73 Å². The standard InChI is InChI=1S/C7H13NO2S/c1-3-4-5(11)6(8)7(9)10-2/h6H,3-4,8H2,1-2H3. The summed E-state index contributed by atoms with van der Waals surface area (Å²) in [6.07, 6.45) is 1.61. The molecule has 2 N–H and O–H groups in total. The van der Waals surface area contributed by atoms with Gasteiger partial charge in [-0.3, -0.25) is 0 Å². The van der Waals surface area contributed by atoms with Crippen molar-refractivity contribution < 1.29 is 9.53 Å². The average Bonchev–Trinajstić information content (AvgIpc) is 2.02. The molecule has 0 aliphatic carbocycles. The lowest BCUT2D eigenvalue weighted by Crippen LogP contribution is -2.38. The monoisotopic (exact) mass is 175 g/mol. The molecule has 1 atom stereocenters. The Bertz CT molecular complexity index is 159. The predicted octanol–water partition coefficient (Wildman–Crippen LogP) is 0.657. The number of ether oxygens (including phenoxy) is 1. The molecule has 0 aromatic rings. The second-order valence-corrected chi connectivity index (χ2v) is 2.74. The average molecular weight is 175 g/mol. The third-order valence-corrected chi connectivity index (χ3v) is 1.76. The van der Waals surface area contributed by atoms with Crippen LogP contribution in [0, 0.1) is 0 Å². The largest absolute Gasteiger partial charge is 0.468 e. The smallest absolute Gasteiger partial charge is 0.327 e. The van der Waals surface area contributed by atoms with E-state index in [2.05, 4.69) is 4.74 Å². The Labute approximate surface area is 71.9 Å². The van der Waals surface area contributed by atoms with E-state index >= 15 is 0 Å². The van der Waals surface area contributed by atoms with Crippen LogP contribution < -0.4 is 5.73 Å². The maximum atomic E-state index is 10.8. The van der Waals surface area contributed by atoms with Crippen LogP contribution in [0.25, 0.3) is 0 Å². The molecule has 1 unspecified atom stereocenters. The fourth-order valence-corrected chi connectivity index (χ4v) is 0.961. The molecule has 0 aromatic heterocycles. The second-order valence-electron chi connectivity index (χ2n) is 2.22. The fraction of sp³-hybridized carbons (Fsp3) is 0.714. The maximum absolute atomic E-state index is 10.8. The summed E-state index contributed by atoms with van der Waals surface area (Å²) < 4.78 is 4.43. The second kappa shape index (κ2) is 5.21. The van der Waals surface area contributed by atoms with Crippen molar-refractivity contribution >= 4 is 23.1 Å². The van der Waals surface area contributed by atoms with Gasteiger partial charge in [-0.2, -0.15) is 0 Å². The van der Waals surface area contributed by atoms with E-state index in [1.807, 2.05) is 6.92 Å². The molecule has 0 saturated heterocycles. The molecule has 0 fully saturated rings. The zero-order chi connectivity index (χ0) is 8.85. The Morgan fingerprint density at radius 2 is 2.27 bits per heavy atom. The van der Waals surface area contributed by atoms with Crippen LogP contribution >= 0.6 is 12.2 Å². The number of carbonyl (C=O) groups excluding carboxylic acids is 1. The maximum Gasteiger partial charge on any atom is 0.327 e. The summed E-state index contributed by atoms with van der Waals surface area (Å²) in [4.78, 5) is 11.4. The van der Waals surface area contributed by atoms with Crippen LogP contribution in [-0.2, 0) is 9.53 Å². The summed E-state index contributed by atoms with van der Waals surface area (Å²) in [5.74, 6) is -0.455. The summed E-state index contributed by atoms with van der Waals surface area (Å²) in [6, 6.07) is -0.727. The van der Waals surface area contributed by atoms with Gasteiger partial charge in [0.2, 0.25) is 0 Å². The summed E-state index contributed by atoms with van der Waals surface area (Å²) in [6.45, 7) is 1.98. The van der Waals surface area contributed by atoms with Gasteiger partial charge in [0.1, 0.15) is 6.04 Å². The first-order valence-corrected chi connectivity index (χ1v) is 3.90. The highest BCUT2D eigenvalue weighted by molar-refractivity contribution is 7.80. The van der Waals surface area contributed by atoms with Crippen LogP contribution in [0.15, 0.2) is 0 Å². The molecular formula is C7H13NO2S. The molecular weight excluding hydrogens is 162 g/mol. The topological polar surface area (TPSA) is 52.3 Å². The fourth-order valence-electron chi connectivity index (χ4n) is 0.660. The number of hydrogen-bond acceptors (Lipinski definition) is 4. The van der Waals surface area contributed by atoms with Crippen LogP contribution in [0.3, 0.4) is 0 Å². The first-order chi connectivity index (χ1) is 5.13. The molecule has 0 amide bonds. The van der Waals surface area contributed by atoms with Crippen molar-refractivity contribution in [2.45, 2.75) is 25.8 Å². The van der Waals surface area contributed by atoms with Gasteiger partial charge in [-0.05, 0) is 6.42 Å². The lowest BCUT2D eigenvalue weighted by atomic mass is 10.1. The van der Waals surface area contributed by atoms with Crippen LogP contribution in [0.5, 0.6) is 0 Å². The third kappa shape index (κ3) is 3.43. The Kier molecular flexibility index (Phi) is 4.98. The minimum atomic E-state index is -0.727. The van der Waals surface area contributed by atoms with Crippen LogP contribution in [0.2, 0.25) is 0 Å². The van der Waals surface area contributed by atoms with E-state index < -0.39 is 12.0 Å². The van der Waals surface area contributed by atoms with Crippen LogP contribution in [0.4, 0.5) is 0 Å². The van der Waals surface area contributed by atoms with Crippen molar-refractivity contribution in [2.75, 3.05) is 7.11 Å². The van der Waals surface area contributed by atoms with Crippen molar-refractivity contribution in [3.63, 3.8) is 0 Å². The van der Waals surface area contributed by atoms with E-state index in [-0.39, 0.29) is 0 Å². The normalized spacial score (nSPS) is 12.3. The molecule has 0 heterocycles. The molecule has 64 valence electrons. The summed E-state index contributed by atoms with van der Waals surface area (Å²) in [5, 5.41) is 0. The predicted molar refractivity (Wildman–Crippen MR) is 47.5 cm³/mol. The molecule has 0 radical (unpaired) electrons. The van der Waals surface area contributed by atoms with E-state index in [1.54, 1.807) is 0 Å². The molecule has 0 aliphatic heterocycles. The molecule has 0 saturated carbocycles. The van der Waals surface area contributed by atoms with Gasteiger partial charge in [-0.15, -0.1) is 0 Å². The Hall–Kier alpha value is -0.480. The van der Waals surface area contributed by atoms with E-state index in [0.29, 0.717) is 11.3 Å². The SMILES string of the molecule is CCCC(=S)C(N)C(=O)OC. The van der Waals surface area contributed by atoms with Gasteiger partial charge < -0.3 is 10.5 Å². The summed E-state index contributed by atoms with van der Waals surface area (Å²) in [5.41, 5.74) is 5.44. The minimum absolute atomic E-state index is 0.455. The van der Waals surface area contributed by atoms with Gasteiger partial charge in [-0.1, -0.05) is 25.6 Å². The molecule has 0 bridgehead atoms. The van der Waals surface area contributed by atoms with Gasteiger partial charge in [-0.25, -0.2) is 4.79 Å². The van der Waals surface area contributed by atoms with E-state index in [9.17, 15) is 4.79 Å². The Balaban J connectivity index is 3.91. The molecule has 0 spiro atoms. The molecule has 11 heavy (non-hydrogen) atoms. The first kappa shape index (κ1) is 10.5. The van der Waals surface area contributed by atoms with E-state index in [4.69, 9.17) is 18.0 Å². The molecule has 0 aliphatic rings. The van der Waals surface area contributed by atoms with Crippen LogP contribution in [-0.4, -0.2) is 24.0 Å². The van der Waals surface area contributed by atoms with Crippen LogP contribution in [0.1, 0.15) is 19.8 Å². The van der Waals surface area contributed by atoms with Crippen molar-refractivity contribution in [3.8, 4) is 0 Å². The van der Waals surface area contributed by atoms with Crippen molar-refractivity contribution in [1.82, 2.24) is 0 Å². The summed E-state index contributed by atoms with van der Waals surface area (Å²) >= 11 is 4.89. The number of nitrogens with two attached hydrogens (primary N) is 1. The van der Waals surface area contributed by atoms with Gasteiger partial charge in [0.15, 0.2) is 0 Å². The first-order valence-electron chi connectivity index (χ1n) is 3.49. The highest BCUT2D eigenvalue weighted by Gasteiger charge is 2.17.